The number of amides is 1. The molecule has 4 rings (SSSR count). The number of hydrogen-bond donors (Lipinski definition) is 1. The standard InChI is InChI=1S/C23H27N5O/c1-16-9-10-21(17(2)13-16)28-25-18(3)22(26-28)23(29)24-20-11-12-27(15-20)14-19-7-5-4-6-8-19/h4-10,13,20H,11-12,14-15H2,1-3H3,(H,24,29)/t20-/m0/s1. The SMILES string of the molecule is Cc1ccc(-n2nc(C)c(C(=O)N[C@H]3CCN(Cc4ccccc4)C3)n2)c(C)c1. The van der Waals surface area contributed by atoms with E-state index in [1.165, 1.54) is 11.1 Å². The van der Waals surface area contributed by atoms with Crippen molar-refractivity contribution in [2.75, 3.05) is 13.1 Å². The van der Waals surface area contributed by atoms with E-state index in [4.69, 9.17) is 0 Å². The van der Waals surface area contributed by atoms with Gasteiger partial charge < -0.3 is 5.32 Å². The van der Waals surface area contributed by atoms with Crippen molar-refractivity contribution in [2.24, 2.45) is 0 Å². The van der Waals surface area contributed by atoms with Gasteiger partial charge in [-0.15, -0.1) is 5.10 Å². The van der Waals surface area contributed by atoms with Crippen molar-refractivity contribution in [2.45, 2.75) is 39.8 Å². The first-order valence-corrected chi connectivity index (χ1v) is 10.1. The molecule has 1 amide bonds. The van der Waals surface area contributed by atoms with Crippen molar-refractivity contribution < 1.29 is 4.79 Å². The second kappa shape index (κ2) is 8.17. The van der Waals surface area contributed by atoms with Crippen molar-refractivity contribution in [3.8, 4) is 5.69 Å². The molecule has 3 aromatic rings. The number of carbonyl (C=O) groups excluding carboxylic acids is 1. The molecular formula is C23H27N5O. The third-order valence-electron chi connectivity index (χ3n) is 5.42. The Hall–Kier alpha value is -2.99. The zero-order chi connectivity index (χ0) is 20.4. The molecule has 1 saturated heterocycles. The quantitative estimate of drug-likeness (QED) is 0.728. The molecule has 0 saturated carbocycles. The van der Waals surface area contributed by atoms with E-state index in [1.807, 2.05) is 32.0 Å². The van der Waals surface area contributed by atoms with Gasteiger partial charge in [-0.25, -0.2) is 0 Å². The molecule has 6 heteroatoms. The number of rotatable bonds is 5. The summed E-state index contributed by atoms with van der Waals surface area (Å²) in [6.07, 6.45) is 0.947. The molecule has 0 unspecified atom stereocenters. The Morgan fingerprint density at radius 2 is 1.90 bits per heavy atom. The fourth-order valence-electron chi connectivity index (χ4n) is 3.92. The highest BCUT2D eigenvalue weighted by Crippen LogP contribution is 2.17. The smallest absolute Gasteiger partial charge is 0.274 e. The molecule has 1 aliphatic heterocycles. The summed E-state index contributed by atoms with van der Waals surface area (Å²) in [5, 5.41) is 12.1. The van der Waals surface area contributed by atoms with Gasteiger partial charge in [0.15, 0.2) is 5.69 Å². The predicted octanol–water partition coefficient (Wildman–Crippen LogP) is 3.20. The summed E-state index contributed by atoms with van der Waals surface area (Å²) >= 11 is 0. The third kappa shape index (κ3) is 4.38. The van der Waals surface area contributed by atoms with Crippen LogP contribution >= 0.6 is 0 Å². The normalized spacial score (nSPS) is 16.9. The number of nitrogens with one attached hydrogen (secondary N) is 1. The third-order valence-corrected chi connectivity index (χ3v) is 5.42. The molecule has 0 radical (unpaired) electrons. The molecule has 2 heterocycles. The Morgan fingerprint density at radius 3 is 2.66 bits per heavy atom. The minimum atomic E-state index is -0.148. The Labute approximate surface area is 171 Å². The summed E-state index contributed by atoms with van der Waals surface area (Å²) in [5.41, 5.74) is 5.50. The Kier molecular flexibility index (Phi) is 5.45. The topological polar surface area (TPSA) is 63.1 Å². The number of hydrogen-bond acceptors (Lipinski definition) is 4. The minimum Gasteiger partial charge on any atom is -0.347 e. The van der Waals surface area contributed by atoms with Crippen LogP contribution in [0.3, 0.4) is 0 Å². The lowest BCUT2D eigenvalue weighted by Gasteiger charge is -2.16. The van der Waals surface area contributed by atoms with Crippen molar-refractivity contribution in [1.29, 1.82) is 0 Å². The number of aromatic nitrogens is 3. The van der Waals surface area contributed by atoms with Crippen molar-refractivity contribution in [3.05, 3.63) is 76.6 Å². The maximum absolute atomic E-state index is 12.8. The average Bonchev–Trinajstić information content (AvgIpc) is 3.29. The zero-order valence-electron chi connectivity index (χ0n) is 17.2. The molecule has 1 aliphatic rings. The zero-order valence-corrected chi connectivity index (χ0v) is 17.2. The molecule has 29 heavy (non-hydrogen) atoms. The van der Waals surface area contributed by atoms with Gasteiger partial charge in [-0.1, -0.05) is 48.0 Å². The molecule has 1 aromatic heterocycles. The highest BCUT2D eigenvalue weighted by atomic mass is 16.2. The van der Waals surface area contributed by atoms with Gasteiger partial charge in [-0.2, -0.15) is 9.90 Å². The molecule has 0 spiro atoms. The van der Waals surface area contributed by atoms with Crippen LogP contribution in [-0.2, 0) is 6.54 Å². The lowest BCUT2D eigenvalue weighted by Crippen LogP contribution is -2.37. The van der Waals surface area contributed by atoms with Gasteiger partial charge in [0.1, 0.15) is 0 Å². The van der Waals surface area contributed by atoms with E-state index in [2.05, 4.69) is 57.7 Å². The van der Waals surface area contributed by atoms with Crippen LogP contribution in [0.1, 0.15) is 39.3 Å². The van der Waals surface area contributed by atoms with Crippen LogP contribution in [0, 0.1) is 20.8 Å². The molecule has 6 nitrogen and oxygen atoms in total. The summed E-state index contributed by atoms with van der Waals surface area (Å²) in [6, 6.07) is 16.7. The van der Waals surface area contributed by atoms with Gasteiger partial charge in [0.25, 0.3) is 5.91 Å². The minimum absolute atomic E-state index is 0.136. The number of carbonyl (C=O) groups is 1. The van der Waals surface area contributed by atoms with E-state index in [0.29, 0.717) is 11.4 Å². The van der Waals surface area contributed by atoms with Crippen LogP contribution in [0.5, 0.6) is 0 Å². The summed E-state index contributed by atoms with van der Waals surface area (Å²) in [4.78, 5) is 16.8. The van der Waals surface area contributed by atoms with E-state index in [0.717, 1.165) is 37.3 Å². The summed E-state index contributed by atoms with van der Waals surface area (Å²) < 4.78 is 0. The van der Waals surface area contributed by atoms with E-state index < -0.39 is 0 Å². The number of aryl methyl sites for hydroxylation is 3. The van der Waals surface area contributed by atoms with Crippen molar-refractivity contribution in [3.63, 3.8) is 0 Å². The van der Waals surface area contributed by atoms with Crippen LogP contribution in [0.15, 0.2) is 48.5 Å². The molecular weight excluding hydrogens is 362 g/mol. The maximum atomic E-state index is 12.8. The maximum Gasteiger partial charge on any atom is 0.274 e. The van der Waals surface area contributed by atoms with Crippen LogP contribution in [0.2, 0.25) is 0 Å². The van der Waals surface area contributed by atoms with Gasteiger partial charge in [-0.05, 0) is 44.4 Å². The first-order chi connectivity index (χ1) is 14.0. The second-order valence-electron chi connectivity index (χ2n) is 7.89. The van der Waals surface area contributed by atoms with Gasteiger partial charge in [-0.3, -0.25) is 9.69 Å². The number of nitrogens with zero attached hydrogens (tertiary/aromatic N) is 4. The molecule has 2 aromatic carbocycles. The van der Waals surface area contributed by atoms with E-state index >= 15 is 0 Å². The fraction of sp³-hybridized carbons (Fsp3) is 0.348. The molecule has 150 valence electrons. The van der Waals surface area contributed by atoms with Crippen LogP contribution in [-0.4, -0.2) is 44.9 Å². The van der Waals surface area contributed by atoms with E-state index in [9.17, 15) is 4.79 Å². The second-order valence-corrected chi connectivity index (χ2v) is 7.89. The predicted molar refractivity (Wildman–Crippen MR) is 113 cm³/mol. The molecule has 1 N–H and O–H groups in total. The molecule has 0 bridgehead atoms. The van der Waals surface area contributed by atoms with Crippen LogP contribution in [0.25, 0.3) is 5.69 Å². The van der Waals surface area contributed by atoms with Crippen LogP contribution in [0.4, 0.5) is 0 Å². The Morgan fingerprint density at radius 1 is 1.10 bits per heavy atom. The summed E-state index contributed by atoms with van der Waals surface area (Å²) in [6.45, 7) is 8.66. The van der Waals surface area contributed by atoms with Gasteiger partial charge in [0.2, 0.25) is 0 Å². The Bertz CT molecular complexity index is 1010. The van der Waals surface area contributed by atoms with Gasteiger partial charge >= 0.3 is 0 Å². The van der Waals surface area contributed by atoms with Gasteiger partial charge in [0, 0.05) is 25.7 Å². The first kappa shape index (κ1) is 19.3. The lowest BCUT2D eigenvalue weighted by molar-refractivity contribution is 0.0931. The van der Waals surface area contributed by atoms with Crippen molar-refractivity contribution >= 4 is 5.91 Å². The van der Waals surface area contributed by atoms with E-state index in [1.54, 1.807) is 4.80 Å². The lowest BCUT2D eigenvalue weighted by atomic mass is 10.1. The van der Waals surface area contributed by atoms with Crippen molar-refractivity contribution in [1.82, 2.24) is 25.2 Å². The van der Waals surface area contributed by atoms with Crippen LogP contribution < -0.4 is 5.32 Å². The largest absolute Gasteiger partial charge is 0.347 e. The summed E-state index contributed by atoms with van der Waals surface area (Å²) in [7, 11) is 0. The first-order valence-electron chi connectivity index (χ1n) is 10.1. The molecule has 0 aliphatic carbocycles. The number of benzene rings is 2. The summed E-state index contributed by atoms with van der Waals surface area (Å²) in [5.74, 6) is -0.148. The highest BCUT2D eigenvalue weighted by Gasteiger charge is 2.26. The monoisotopic (exact) mass is 389 g/mol. The van der Waals surface area contributed by atoms with Gasteiger partial charge in [0.05, 0.1) is 11.4 Å². The fourth-order valence-corrected chi connectivity index (χ4v) is 3.92. The highest BCUT2D eigenvalue weighted by molar-refractivity contribution is 5.93. The molecule has 1 fully saturated rings. The molecule has 1 atom stereocenters. The number of likely N-dealkylation sites (tertiary alicyclic amines) is 1. The average molecular weight is 390 g/mol. The Balaban J connectivity index is 1.41. The van der Waals surface area contributed by atoms with E-state index in [-0.39, 0.29) is 11.9 Å².